The first-order valence-corrected chi connectivity index (χ1v) is 27.4. The molecule has 2 atom stereocenters. The molecule has 0 radical (unpaired) electrons. The summed E-state index contributed by atoms with van der Waals surface area (Å²) in [6, 6.07) is 75.6. The molecule has 3 aliphatic rings. The summed E-state index contributed by atoms with van der Waals surface area (Å²) in [5.74, 6) is 3.40. The maximum absolute atomic E-state index is 6.54. The van der Waals surface area contributed by atoms with Gasteiger partial charge in [0.25, 0.3) is 0 Å². The fraction of sp³-hybridized carbons (Fsp3) is 0.0278. The van der Waals surface area contributed by atoms with Crippen LogP contribution in [0.3, 0.4) is 0 Å². The Kier molecular flexibility index (Phi) is 10.2. The van der Waals surface area contributed by atoms with E-state index in [2.05, 4.69) is 131 Å². The molecule has 15 aromatic rings. The maximum atomic E-state index is 6.54. The quantitative estimate of drug-likeness (QED) is 0.145. The van der Waals surface area contributed by atoms with Crippen molar-refractivity contribution in [1.29, 1.82) is 0 Å². The third kappa shape index (κ3) is 7.21. The largest absolute Gasteiger partial charge is 0.455 e. The van der Waals surface area contributed by atoms with Gasteiger partial charge in [0.05, 0.1) is 0 Å². The summed E-state index contributed by atoms with van der Waals surface area (Å²) >= 11 is 0. The number of para-hydroxylation sites is 2. The molecular formula is C72H42N8O2. The van der Waals surface area contributed by atoms with Crippen LogP contribution in [0.15, 0.2) is 252 Å². The number of nitrogens with zero attached hydrogens (tertiary/aromatic N) is 8. The van der Waals surface area contributed by atoms with Crippen molar-refractivity contribution in [3.05, 3.63) is 277 Å². The van der Waals surface area contributed by atoms with Gasteiger partial charge in [-0.2, -0.15) is 0 Å². The van der Waals surface area contributed by atoms with Crippen LogP contribution in [0.4, 0.5) is 0 Å². The van der Waals surface area contributed by atoms with Crippen molar-refractivity contribution in [3.8, 4) is 90.6 Å². The Morgan fingerprint density at radius 2 is 0.622 bits per heavy atom. The highest BCUT2D eigenvalue weighted by Gasteiger charge is 2.42. The number of benzene rings is 9. The fourth-order valence-corrected chi connectivity index (χ4v) is 12.7. The topological polar surface area (TPSA) is 129 Å². The van der Waals surface area contributed by atoms with Gasteiger partial charge in [0, 0.05) is 103 Å². The van der Waals surface area contributed by atoms with Gasteiger partial charge in [-0.3, -0.25) is 9.97 Å². The van der Waals surface area contributed by atoms with Crippen LogP contribution in [0.5, 0.6) is 0 Å². The van der Waals surface area contributed by atoms with Crippen molar-refractivity contribution in [1.82, 2.24) is 39.9 Å². The lowest BCUT2D eigenvalue weighted by Crippen LogP contribution is -2.27. The zero-order valence-electron chi connectivity index (χ0n) is 43.6. The average Bonchev–Trinajstić information content (AvgIpc) is 3.24. The molecule has 0 amide bonds. The van der Waals surface area contributed by atoms with Gasteiger partial charge in [-0.05, 0) is 68.8 Å². The monoisotopic (exact) mass is 1050 g/mol. The van der Waals surface area contributed by atoms with E-state index in [9.17, 15) is 0 Å². The van der Waals surface area contributed by atoms with E-state index >= 15 is 0 Å². The van der Waals surface area contributed by atoms with Crippen molar-refractivity contribution in [3.63, 3.8) is 0 Å². The average molecular weight is 1050 g/mol. The lowest BCUT2D eigenvalue weighted by atomic mass is 9.61. The molecule has 0 spiro atoms. The minimum atomic E-state index is -0.0484. The first kappa shape index (κ1) is 45.9. The zero-order valence-corrected chi connectivity index (χ0v) is 43.6. The van der Waals surface area contributed by atoms with Crippen molar-refractivity contribution in [2.45, 2.75) is 11.8 Å². The number of fused-ring (bicyclic) bond motifs is 6. The van der Waals surface area contributed by atoms with E-state index in [1.165, 1.54) is 33.4 Å². The molecule has 2 unspecified atom stereocenters. The van der Waals surface area contributed by atoms with Crippen molar-refractivity contribution >= 4 is 43.9 Å². The van der Waals surface area contributed by atoms with Crippen LogP contribution in [0.2, 0.25) is 0 Å². The second-order valence-electron chi connectivity index (χ2n) is 20.9. The molecule has 3 aliphatic carbocycles. The van der Waals surface area contributed by atoms with Crippen LogP contribution < -0.4 is 0 Å². The summed E-state index contributed by atoms with van der Waals surface area (Å²) in [6.45, 7) is 0. The number of pyridine rings is 2. The van der Waals surface area contributed by atoms with E-state index in [1.807, 2.05) is 109 Å². The van der Waals surface area contributed by atoms with Crippen molar-refractivity contribution in [2.24, 2.45) is 0 Å². The van der Waals surface area contributed by atoms with Gasteiger partial charge in [0.1, 0.15) is 22.3 Å². The molecule has 6 heterocycles. The van der Waals surface area contributed by atoms with Gasteiger partial charge in [-0.15, -0.1) is 0 Å². The Bertz CT molecular complexity index is 4770. The summed E-state index contributed by atoms with van der Waals surface area (Å²) in [6.07, 6.45) is 7.24. The number of hydrogen-bond acceptors (Lipinski definition) is 10. The van der Waals surface area contributed by atoms with Gasteiger partial charge in [0.2, 0.25) is 0 Å². The highest BCUT2D eigenvalue weighted by atomic mass is 16.3. The number of hydrogen-bond donors (Lipinski definition) is 0. The Labute approximate surface area is 469 Å². The van der Waals surface area contributed by atoms with Gasteiger partial charge >= 0.3 is 0 Å². The fourth-order valence-electron chi connectivity index (χ4n) is 12.7. The molecule has 10 heteroatoms. The van der Waals surface area contributed by atoms with E-state index in [-0.39, 0.29) is 11.8 Å². The first-order chi connectivity index (χ1) is 40.6. The normalized spacial score (nSPS) is 14.1. The van der Waals surface area contributed by atoms with Crippen LogP contribution in [-0.2, 0) is 0 Å². The molecule has 0 saturated carbocycles. The lowest BCUT2D eigenvalue weighted by Gasteiger charge is -2.42. The number of furan rings is 2. The molecule has 0 fully saturated rings. The molecule has 82 heavy (non-hydrogen) atoms. The molecule has 0 N–H and O–H groups in total. The SMILES string of the molecule is c1ccc(-c2nc(-c3ccc4c(c3)C3c5ccccc5C4c4cc(-c5nc(-c6ccccc6)nc(-c6ccccc6-c6cccc7c6oc6ccncc67)n5)ccc43)nc(-c3ccccc3-c3cccc4c3oc3ccncc34)n2)cc1. The smallest absolute Gasteiger partial charge is 0.164 e. The molecule has 6 aromatic heterocycles. The Hall–Kier alpha value is -11.1. The van der Waals surface area contributed by atoms with E-state index in [1.54, 1.807) is 12.4 Å². The Morgan fingerprint density at radius 1 is 0.256 bits per heavy atom. The molecule has 2 bridgehead atoms. The molecule has 0 aliphatic heterocycles. The third-order valence-electron chi connectivity index (χ3n) is 16.4. The lowest BCUT2D eigenvalue weighted by molar-refractivity contribution is 0.669. The third-order valence-corrected chi connectivity index (χ3v) is 16.4. The predicted molar refractivity (Wildman–Crippen MR) is 322 cm³/mol. The van der Waals surface area contributed by atoms with Crippen LogP contribution in [0, 0.1) is 0 Å². The van der Waals surface area contributed by atoms with E-state index in [0.29, 0.717) is 34.9 Å². The highest BCUT2D eigenvalue weighted by Crippen LogP contribution is 2.57. The zero-order chi connectivity index (χ0) is 53.8. The molecular weight excluding hydrogens is 1010 g/mol. The summed E-state index contributed by atoms with van der Waals surface area (Å²) in [7, 11) is 0. The minimum absolute atomic E-state index is 0.0484. The summed E-state index contributed by atoms with van der Waals surface area (Å²) in [5, 5.41) is 3.94. The molecule has 10 nitrogen and oxygen atoms in total. The standard InChI is InChI=1S/C72H42N8O2/c1-3-15-41(16-4-1)67-75-69(79-71(77-67)55-23-11-7-19-45(55)51-25-13-27-53-59-39-73-35-33-61(59)81-65(51)53)43-29-31-49-57(37-43)63-47-21-9-10-22-48(47)64(49)58-38-44(30-32-50(58)63)70-76-68(42-17-5-2-6-18-42)78-72(80-70)56-24-12-8-20-46(56)52-26-14-28-54-60-40-74-36-34-62(60)82-66(52)54/h1-40,63-64H. The van der Waals surface area contributed by atoms with Gasteiger partial charge in [-0.1, -0.05) is 194 Å². The molecule has 0 saturated heterocycles. The summed E-state index contributed by atoms with van der Waals surface area (Å²) in [5.41, 5.74) is 19.9. The highest BCUT2D eigenvalue weighted by molar-refractivity contribution is 6.11. The number of aromatic nitrogens is 8. The second-order valence-corrected chi connectivity index (χ2v) is 20.9. The Morgan fingerprint density at radius 3 is 1.07 bits per heavy atom. The molecule has 18 rings (SSSR count). The first-order valence-electron chi connectivity index (χ1n) is 27.4. The van der Waals surface area contributed by atoms with E-state index in [0.717, 1.165) is 99.5 Å². The Balaban J connectivity index is 0.792. The van der Waals surface area contributed by atoms with Gasteiger partial charge in [0.15, 0.2) is 34.9 Å². The summed E-state index contributed by atoms with van der Waals surface area (Å²) in [4.78, 5) is 40.5. The van der Waals surface area contributed by atoms with E-state index < -0.39 is 0 Å². The van der Waals surface area contributed by atoms with Crippen molar-refractivity contribution < 1.29 is 8.83 Å². The predicted octanol–water partition coefficient (Wildman–Crippen LogP) is 17.0. The second kappa shape index (κ2) is 18.2. The maximum Gasteiger partial charge on any atom is 0.164 e. The minimum Gasteiger partial charge on any atom is -0.455 e. The van der Waals surface area contributed by atoms with Crippen LogP contribution in [0.25, 0.3) is 134 Å². The number of rotatable bonds is 8. The summed E-state index contributed by atoms with van der Waals surface area (Å²) < 4.78 is 13.1. The van der Waals surface area contributed by atoms with Crippen molar-refractivity contribution in [2.75, 3.05) is 0 Å². The van der Waals surface area contributed by atoms with Crippen LogP contribution in [0.1, 0.15) is 45.2 Å². The van der Waals surface area contributed by atoms with Gasteiger partial charge in [-0.25, -0.2) is 29.9 Å². The van der Waals surface area contributed by atoms with Crippen LogP contribution >= 0.6 is 0 Å². The van der Waals surface area contributed by atoms with Gasteiger partial charge < -0.3 is 8.83 Å². The molecule has 382 valence electrons. The molecule has 9 aromatic carbocycles. The van der Waals surface area contributed by atoms with Crippen LogP contribution in [-0.4, -0.2) is 39.9 Å². The van der Waals surface area contributed by atoms with E-state index in [4.69, 9.17) is 38.7 Å².